The molecule has 4 nitrogen and oxygen atoms in total. The van der Waals surface area contributed by atoms with Gasteiger partial charge in [-0.3, -0.25) is 9.98 Å². The molecule has 0 spiro atoms. The summed E-state index contributed by atoms with van der Waals surface area (Å²) in [5.41, 5.74) is 7.67. The van der Waals surface area contributed by atoms with Gasteiger partial charge in [-0.05, 0) is 66.6 Å². The van der Waals surface area contributed by atoms with Crippen LogP contribution < -0.4 is 5.32 Å². The summed E-state index contributed by atoms with van der Waals surface area (Å²) < 4.78 is 0. The van der Waals surface area contributed by atoms with Crippen LogP contribution in [0.5, 0.6) is 0 Å². The first kappa shape index (κ1) is 18.1. The van der Waals surface area contributed by atoms with Crippen LogP contribution in [0.15, 0.2) is 72.0 Å². The average molecular weight is 417 g/mol. The van der Waals surface area contributed by atoms with Gasteiger partial charge in [0.25, 0.3) is 0 Å². The number of aliphatic imine (C=N–C) groups is 1. The standard InChI is InChI=1S/C14H16N2.C14H8N2/c2*1-3-11-10-4-2-6-15-13(10)7-9-8-16-12(5-1)14(9)11/h1,3,5,8,10,13,15-16H,2,4,6-7H2;1-8H/t10-,13-;/m1./s1. The van der Waals surface area contributed by atoms with Crippen molar-refractivity contribution < 1.29 is 0 Å². The molecule has 4 heterocycles. The second-order valence-corrected chi connectivity index (χ2v) is 9.09. The maximum atomic E-state index is 4.41. The molecule has 1 saturated heterocycles. The van der Waals surface area contributed by atoms with Crippen molar-refractivity contribution >= 4 is 44.5 Å². The minimum atomic E-state index is 0.669. The van der Waals surface area contributed by atoms with Gasteiger partial charge in [0.1, 0.15) is 0 Å². The highest BCUT2D eigenvalue weighted by Gasteiger charge is 2.32. The first-order valence-electron chi connectivity index (χ1n) is 11.5. The van der Waals surface area contributed by atoms with Crippen molar-refractivity contribution in [3.8, 4) is 0 Å². The Labute approximate surface area is 186 Å². The lowest BCUT2D eigenvalue weighted by Gasteiger charge is -2.36. The Kier molecular flexibility index (Phi) is 3.96. The van der Waals surface area contributed by atoms with E-state index in [0.717, 1.165) is 17.1 Å². The van der Waals surface area contributed by atoms with Crippen molar-refractivity contribution in [2.24, 2.45) is 4.99 Å². The third kappa shape index (κ3) is 2.66. The van der Waals surface area contributed by atoms with Crippen molar-refractivity contribution in [2.75, 3.05) is 6.54 Å². The van der Waals surface area contributed by atoms with Crippen LogP contribution in [0.2, 0.25) is 0 Å². The quantitative estimate of drug-likeness (QED) is 0.298. The molecule has 1 aliphatic carbocycles. The summed E-state index contributed by atoms with van der Waals surface area (Å²) >= 11 is 0. The monoisotopic (exact) mass is 416 g/mol. The maximum absolute atomic E-state index is 4.41. The number of pyridine rings is 1. The van der Waals surface area contributed by atoms with Crippen molar-refractivity contribution in [1.82, 2.24) is 15.3 Å². The number of hydrogen-bond acceptors (Lipinski definition) is 3. The topological polar surface area (TPSA) is 53.1 Å². The zero-order chi connectivity index (χ0) is 21.1. The second-order valence-electron chi connectivity index (χ2n) is 9.09. The lowest BCUT2D eigenvalue weighted by Crippen LogP contribution is -2.43. The Morgan fingerprint density at radius 2 is 1.88 bits per heavy atom. The number of rotatable bonds is 0. The molecule has 2 aliphatic heterocycles. The predicted molar refractivity (Wildman–Crippen MR) is 132 cm³/mol. The number of fused-ring (bicyclic) bond motifs is 4. The Balaban J connectivity index is 0.000000113. The van der Waals surface area contributed by atoms with E-state index in [2.05, 4.69) is 75.0 Å². The zero-order valence-electron chi connectivity index (χ0n) is 17.8. The van der Waals surface area contributed by atoms with Crippen molar-refractivity contribution in [3.63, 3.8) is 0 Å². The molecule has 32 heavy (non-hydrogen) atoms. The summed E-state index contributed by atoms with van der Waals surface area (Å²) in [6, 6.07) is 19.8. The van der Waals surface area contributed by atoms with Gasteiger partial charge in [-0.1, -0.05) is 30.3 Å². The van der Waals surface area contributed by atoms with Gasteiger partial charge in [-0.2, -0.15) is 0 Å². The van der Waals surface area contributed by atoms with E-state index in [0.29, 0.717) is 6.04 Å². The Morgan fingerprint density at radius 1 is 0.938 bits per heavy atom. The fourth-order valence-corrected chi connectivity index (χ4v) is 5.93. The molecule has 2 N–H and O–H groups in total. The van der Waals surface area contributed by atoms with Gasteiger partial charge in [0.05, 0.1) is 11.2 Å². The maximum Gasteiger partial charge on any atom is 0.0715 e. The molecule has 0 bridgehead atoms. The van der Waals surface area contributed by atoms with Crippen LogP contribution in [0.25, 0.3) is 32.6 Å². The van der Waals surface area contributed by atoms with E-state index in [1.165, 1.54) is 64.0 Å². The summed E-state index contributed by atoms with van der Waals surface area (Å²) in [7, 11) is 0. The zero-order valence-corrected chi connectivity index (χ0v) is 17.8. The second kappa shape index (κ2) is 7.01. The van der Waals surface area contributed by atoms with Gasteiger partial charge in [0.2, 0.25) is 0 Å². The van der Waals surface area contributed by atoms with E-state index in [-0.39, 0.29) is 0 Å². The fraction of sp³-hybridized carbons (Fsp3) is 0.214. The van der Waals surface area contributed by atoms with Crippen LogP contribution in [0.3, 0.4) is 0 Å². The molecule has 2 atom stereocenters. The fourth-order valence-electron chi connectivity index (χ4n) is 5.93. The molecule has 4 heteroatoms. The molecule has 8 rings (SSSR count). The van der Waals surface area contributed by atoms with Crippen molar-refractivity contribution in [3.05, 3.63) is 83.7 Å². The molecule has 0 radical (unpaired) electrons. The van der Waals surface area contributed by atoms with Crippen molar-refractivity contribution in [1.29, 1.82) is 0 Å². The molecule has 3 aromatic carbocycles. The van der Waals surface area contributed by atoms with Crippen LogP contribution in [-0.2, 0) is 6.42 Å². The van der Waals surface area contributed by atoms with Gasteiger partial charge in [-0.15, -0.1) is 0 Å². The van der Waals surface area contributed by atoms with Crippen LogP contribution >= 0.6 is 0 Å². The van der Waals surface area contributed by atoms with Crippen LogP contribution in [0.1, 0.15) is 35.4 Å². The molecule has 5 aromatic rings. The van der Waals surface area contributed by atoms with E-state index in [1.807, 2.05) is 18.5 Å². The normalized spacial score (nSPS) is 20.4. The summed E-state index contributed by atoms with van der Waals surface area (Å²) in [5, 5.41) is 8.89. The van der Waals surface area contributed by atoms with Gasteiger partial charge in [0, 0.05) is 57.8 Å². The molecule has 0 amide bonds. The molecule has 156 valence electrons. The van der Waals surface area contributed by atoms with E-state index in [4.69, 9.17) is 0 Å². The van der Waals surface area contributed by atoms with Gasteiger partial charge >= 0.3 is 0 Å². The summed E-state index contributed by atoms with van der Waals surface area (Å²) in [4.78, 5) is 12.2. The number of benzene rings is 3. The minimum Gasteiger partial charge on any atom is -0.361 e. The van der Waals surface area contributed by atoms with Gasteiger partial charge in [-0.25, -0.2) is 0 Å². The molecule has 0 unspecified atom stereocenters. The summed E-state index contributed by atoms with van der Waals surface area (Å²) in [5.74, 6) is 0.737. The number of H-pyrrole nitrogens is 1. The molecular weight excluding hydrogens is 392 g/mol. The van der Waals surface area contributed by atoms with E-state index in [9.17, 15) is 0 Å². The van der Waals surface area contributed by atoms with E-state index < -0.39 is 0 Å². The Morgan fingerprint density at radius 3 is 2.88 bits per heavy atom. The van der Waals surface area contributed by atoms with Crippen LogP contribution in [0.4, 0.5) is 5.69 Å². The first-order chi connectivity index (χ1) is 15.9. The van der Waals surface area contributed by atoms with Crippen LogP contribution in [0, 0.1) is 0 Å². The van der Waals surface area contributed by atoms with Gasteiger partial charge < -0.3 is 10.3 Å². The van der Waals surface area contributed by atoms with Gasteiger partial charge in [0.15, 0.2) is 0 Å². The largest absolute Gasteiger partial charge is 0.361 e. The predicted octanol–water partition coefficient (Wildman–Crippen LogP) is 6.01. The third-order valence-electron chi connectivity index (χ3n) is 7.34. The number of aromatic nitrogens is 2. The Bertz CT molecular complexity index is 1530. The number of nitrogens with one attached hydrogen (secondary N) is 2. The molecular formula is C28H24N4. The highest BCUT2D eigenvalue weighted by molar-refractivity contribution is 6.19. The number of aromatic amines is 1. The van der Waals surface area contributed by atoms with E-state index in [1.54, 1.807) is 5.56 Å². The highest BCUT2D eigenvalue weighted by atomic mass is 14.9. The highest BCUT2D eigenvalue weighted by Crippen LogP contribution is 2.40. The molecule has 0 saturated carbocycles. The molecule has 1 fully saturated rings. The first-order valence-corrected chi connectivity index (χ1v) is 11.5. The molecule has 3 aliphatic rings. The van der Waals surface area contributed by atoms with Crippen LogP contribution in [-0.4, -0.2) is 28.8 Å². The lowest BCUT2D eigenvalue weighted by molar-refractivity contribution is 0.345. The number of nitrogens with zero attached hydrogens (tertiary/aromatic N) is 2. The summed E-state index contributed by atoms with van der Waals surface area (Å²) in [6.07, 6.45) is 9.81. The average Bonchev–Trinajstić information content (AvgIpc) is 3.46. The van der Waals surface area contributed by atoms with E-state index >= 15 is 0 Å². The smallest absolute Gasteiger partial charge is 0.0715 e. The minimum absolute atomic E-state index is 0.669. The Hall–Kier alpha value is -3.50. The van der Waals surface area contributed by atoms with Crippen molar-refractivity contribution in [2.45, 2.75) is 31.2 Å². The number of piperidine rings is 1. The summed E-state index contributed by atoms with van der Waals surface area (Å²) in [6.45, 7) is 1.19. The molecule has 2 aromatic heterocycles. The number of hydrogen-bond donors (Lipinski definition) is 2. The third-order valence-corrected chi connectivity index (χ3v) is 7.34. The SMILES string of the molecule is C1=Nc2cccc3c2c1cc1ncccc13.c1cc2c3c(c[nH]c3c1)C[C@H]1NCCC[C@H]21. The lowest BCUT2D eigenvalue weighted by atomic mass is 9.76.